The quantitative estimate of drug-likeness (QED) is 0.741. The van der Waals surface area contributed by atoms with Gasteiger partial charge in [-0.05, 0) is 43.7 Å². The number of likely N-dealkylation sites (N-methyl/N-ethyl adjacent to an activating group) is 1. The van der Waals surface area contributed by atoms with E-state index in [0.717, 1.165) is 18.7 Å². The highest BCUT2D eigenvalue weighted by atomic mass is 16.3. The van der Waals surface area contributed by atoms with E-state index in [1.54, 1.807) is 6.26 Å². The molecule has 0 saturated heterocycles. The average Bonchev–Trinajstić information content (AvgIpc) is 2.87. The average molecular weight is 227 g/mol. The van der Waals surface area contributed by atoms with Gasteiger partial charge in [-0.3, -0.25) is 4.90 Å². The Morgan fingerprint density at radius 2 is 2.12 bits per heavy atom. The van der Waals surface area contributed by atoms with E-state index in [1.807, 2.05) is 12.1 Å². The molecule has 1 atom stereocenters. The molecule has 3 rings (SSSR count). The molecule has 1 aromatic carbocycles. The number of benzene rings is 1. The second kappa shape index (κ2) is 4.04. The van der Waals surface area contributed by atoms with Crippen LogP contribution in [0.4, 0.5) is 0 Å². The van der Waals surface area contributed by atoms with Crippen molar-refractivity contribution in [1.29, 1.82) is 0 Å². The molecule has 2 heteroatoms. The Labute approximate surface area is 102 Å². The van der Waals surface area contributed by atoms with Gasteiger partial charge in [-0.15, -0.1) is 0 Å². The molecule has 88 valence electrons. The van der Waals surface area contributed by atoms with Crippen LogP contribution < -0.4 is 0 Å². The lowest BCUT2D eigenvalue weighted by molar-refractivity contribution is 0.248. The maximum atomic E-state index is 5.55. The normalized spacial score (nSPS) is 20.2. The molecule has 1 unspecified atom stereocenters. The van der Waals surface area contributed by atoms with Crippen molar-refractivity contribution >= 4 is 0 Å². The van der Waals surface area contributed by atoms with Crippen LogP contribution in [0.3, 0.4) is 0 Å². The van der Waals surface area contributed by atoms with E-state index in [1.165, 1.54) is 16.7 Å². The number of hydrogen-bond acceptors (Lipinski definition) is 2. The van der Waals surface area contributed by atoms with Crippen molar-refractivity contribution in [3.05, 3.63) is 47.7 Å². The van der Waals surface area contributed by atoms with E-state index >= 15 is 0 Å². The number of fused-ring (bicyclic) bond motifs is 1. The van der Waals surface area contributed by atoms with Crippen LogP contribution in [0.1, 0.15) is 24.1 Å². The third-order valence-electron chi connectivity index (χ3n) is 3.80. The lowest BCUT2D eigenvalue weighted by Gasteiger charge is -2.33. The Hall–Kier alpha value is -1.54. The summed E-state index contributed by atoms with van der Waals surface area (Å²) in [5.41, 5.74) is 4.13. The van der Waals surface area contributed by atoms with Gasteiger partial charge in [-0.1, -0.05) is 18.2 Å². The first-order valence-electron chi connectivity index (χ1n) is 6.13. The highest BCUT2D eigenvalue weighted by Crippen LogP contribution is 2.36. The van der Waals surface area contributed by atoms with E-state index in [0.29, 0.717) is 6.04 Å². The topological polar surface area (TPSA) is 16.4 Å². The minimum absolute atomic E-state index is 0.458. The fourth-order valence-corrected chi connectivity index (χ4v) is 2.68. The second-order valence-corrected chi connectivity index (χ2v) is 4.76. The summed E-state index contributed by atoms with van der Waals surface area (Å²) in [6, 6.07) is 11.0. The van der Waals surface area contributed by atoms with E-state index in [9.17, 15) is 0 Å². The predicted octanol–water partition coefficient (Wildman–Crippen LogP) is 3.50. The molecule has 0 fully saturated rings. The monoisotopic (exact) mass is 227 g/mol. The largest absolute Gasteiger partial charge is 0.464 e. The summed E-state index contributed by atoms with van der Waals surface area (Å²) in [6.07, 6.45) is 2.87. The Morgan fingerprint density at radius 1 is 1.24 bits per heavy atom. The van der Waals surface area contributed by atoms with Crippen LogP contribution in [-0.4, -0.2) is 18.5 Å². The summed E-state index contributed by atoms with van der Waals surface area (Å²) in [4.78, 5) is 2.40. The van der Waals surface area contributed by atoms with Crippen molar-refractivity contribution < 1.29 is 4.42 Å². The number of hydrogen-bond donors (Lipinski definition) is 0. The molecule has 2 aromatic rings. The van der Waals surface area contributed by atoms with E-state index in [2.05, 4.69) is 37.1 Å². The van der Waals surface area contributed by atoms with Crippen molar-refractivity contribution in [3.8, 4) is 11.3 Å². The Bertz CT molecular complexity index is 516. The van der Waals surface area contributed by atoms with Gasteiger partial charge in [0.05, 0.1) is 6.26 Å². The zero-order valence-electron chi connectivity index (χ0n) is 10.3. The summed E-state index contributed by atoms with van der Waals surface area (Å²) in [5.74, 6) is 0.976. The van der Waals surface area contributed by atoms with Gasteiger partial charge in [0.15, 0.2) is 0 Å². The van der Waals surface area contributed by atoms with Gasteiger partial charge in [0.25, 0.3) is 0 Å². The van der Waals surface area contributed by atoms with Crippen LogP contribution >= 0.6 is 0 Å². The molecule has 0 spiro atoms. The molecule has 1 aliphatic rings. The zero-order chi connectivity index (χ0) is 11.8. The molecule has 2 nitrogen and oxygen atoms in total. The molecule has 17 heavy (non-hydrogen) atoms. The summed E-state index contributed by atoms with van der Waals surface area (Å²) >= 11 is 0. The van der Waals surface area contributed by atoms with Crippen LogP contribution in [0.25, 0.3) is 11.3 Å². The Kier molecular flexibility index (Phi) is 2.52. The fraction of sp³-hybridized carbons (Fsp3) is 0.333. The van der Waals surface area contributed by atoms with E-state index in [4.69, 9.17) is 4.42 Å². The van der Waals surface area contributed by atoms with Crippen LogP contribution in [0.15, 0.2) is 41.0 Å². The van der Waals surface area contributed by atoms with E-state index in [-0.39, 0.29) is 0 Å². The standard InChI is InChI=1S/C15H17NO/c1-11-15-12(8-9-16(11)2)5-3-6-13(15)14-7-4-10-17-14/h3-7,10-11H,8-9H2,1-2H3. The molecular formula is C15H17NO. The van der Waals surface area contributed by atoms with Crippen LogP contribution in [0.2, 0.25) is 0 Å². The number of rotatable bonds is 1. The first-order valence-corrected chi connectivity index (χ1v) is 6.13. The van der Waals surface area contributed by atoms with Crippen molar-refractivity contribution in [2.75, 3.05) is 13.6 Å². The second-order valence-electron chi connectivity index (χ2n) is 4.76. The molecular weight excluding hydrogens is 210 g/mol. The maximum Gasteiger partial charge on any atom is 0.134 e. The third kappa shape index (κ3) is 1.69. The first-order chi connectivity index (χ1) is 8.27. The summed E-state index contributed by atoms with van der Waals surface area (Å²) in [6.45, 7) is 3.40. The molecule has 0 radical (unpaired) electrons. The SMILES string of the molecule is CC1c2c(cccc2-c2ccco2)CCN1C. The molecule has 2 heterocycles. The molecule has 1 aliphatic heterocycles. The molecule has 0 bridgehead atoms. The fourth-order valence-electron chi connectivity index (χ4n) is 2.68. The first kappa shape index (κ1) is 10.6. The summed E-state index contributed by atoms with van der Waals surface area (Å²) < 4.78 is 5.55. The van der Waals surface area contributed by atoms with Gasteiger partial charge in [-0.25, -0.2) is 0 Å². The minimum Gasteiger partial charge on any atom is -0.464 e. The molecule has 1 aromatic heterocycles. The highest BCUT2D eigenvalue weighted by molar-refractivity contribution is 5.65. The van der Waals surface area contributed by atoms with Gasteiger partial charge < -0.3 is 4.42 Å². The minimum atomic E-state index is 0.458. The maximum absolute atomic E-state index is 5.55. The van der Waals surface area contributed by atoms with Gasteiger partial charge in [0.2, 0.25) is 0 Å². The van der Waals surface area contributed by atoms with Gasteiger partial charge >= 0.3 is 0 Å². The molecule has 0 amide bonds. The number of furan rings is 1. The highest BCUT2D eigenvalue weighted by Gasteiger charge is 2.24. The summed E-state index contributed by atoms with van der Waals surface area (Å²) in [5, 5.41) is 0. The van der Waals surface area contributed by atoms with Gasteiger partial charge in [0.1, 0.15) is 5.76 Å². The van der Waals surface area contributed by atoms with Crippen molar-refractivity contribution in [1.82, 2.24) is 4.90 Å². The van der Waals surface area contributed by atoms with Crippen LogP contribution in [0.5, 0.6) is 0 Å². The van der Waals surface area contributed by atoms with Crippen LogP contribution in [0, 0.1) is 0 Å². The Morgan fingerprint density at radius 3 is 2.88 bits per heavy atom. The van der Waals surface area contributed by atoms with E-state index < -0.39 is 0 Å². The smallest absolute Gasteiger partial charge is 0.134 e. The predicted molar refractivity (Wildman–Crippen MR) is 68.9 cm³/mol. The van der Waals surface area contributed by atoms with Gasteiger partial charge in [0, 0.05) is 18.2 Å². The van der Waals surface area contributed by atoms with Crippen LogP contribution in [-0.2, 0) is 6.42 Å². The van der Waals surface area contributed by atoms with Crippen molar-refractivity contribution in [3.63, 3.8) is 0 Å². The molecule has 0 aliphatic carbocycles. The van der Waals surface area contributed by atoms with Crippen molar-refractivity contribution in [2.24, 2.45) is 0 Å². The third-order valence-corrected chi connectivity index (χ3v) is 3.80. The molecule has 0 saturated carbocycles. The number of nitrogens with zero attached hydrogens (tertiary/aromatic N) is 1. The lowest BCUT2D eigenvalue weighted by Crippen LogP contribution is -2.30. The summed E-state index contributed by atoms with van der Waals surface area (Å²) in [7, 11) is 2.19. The van der Waals surface area contributed by atoms with Crippen molar-refractivity contribution in [2.45, 2.75) is 19.4 Å². The molecule has 0 N–H and O–H groups in total. The lowest BCUT2D eigenvalue weighted by atomic mass is 9.89. The van der Waals surface area contributed by atoms with Gasteiger partial charge in [-0.2, -0.15) is 0 Å². The zero-order valence-corrected chi connectivity index (χ0v) is 10.3. The Balaban J connectivity index is 2.18.